The van der Waals surface area contributed by atoms with Crippen LogP contribution >= 0.6 is 0 Å². The number of carbonyl (C=O) groups is 1. The first-order valence-corrected chi connectivity index (χ1v) is 8.80. The number of halogens is 3. The Morgan fingerprint density at radius 3 is 2.33 bits per heavy atom. The van der Waals surface area contributed by atoms with Crippen LogP contribution in [0.15, 0.2) is 24.3 Å². The van der Waals surface area contributed by atoms with Crippen molar-refractivity contribution in [3.05, 3.63) is 29.8 Å². The van der Waals surface area contributed by atoms with Gasteiger partial charge in [0.25, 0.3) is 5.91 Å². The fraction of sp³-hybridized carbons (Fsp3) is 0.611. The van der Waals surface area contributed by atoms with Gasteiger partial charge in [0.15, 0.2) is 5.60 Å². The fourth-order valence-corrected chi connectivity index (χ4v) is 3.32. The van der Waals surface area contributed by atoms with Gasteiger partial charge in [-0.25, -0.2) is 0 Å². The molecule has 1 aromatic carbocycles. The number of benzene rings is 1. The minimum Gasteiger partial charge on any atom is -0.399 e. The summed E-state index contributed by atoms with van der Waals surface area (Å²) in [6.07, 6.45) is -4.61. The molecule has 2 heterocycles. The van der Waals surface area contributed by atoms with Gasteiger partial charge in [0.2, 0.25) is 0 Å². The van der Waals surface area contributed by atoms with E-state index < -0.39 is 42.5 Å². The van der Waals surface area contributed by atoms with Crippen LogP contribution in [0.1, 0.15) is 39.7 Å². The number of alkyl halides is 3. The van der Waals surface area contributed by atoms with Crippen LogP contribution in [0, 0.1) is 0 Å². The molecule has 148 valence electrons. The highest BCUT2D eigenvalue weighted by Gasteiger charge is 2.53. The first-order chi connectivity index (χ1) is 12.3. The van der Waals surface area contributed by atoms with Crippen molar-refractivity contribution in [2.75, 3.05) is 13.1 Å². The molecule has 5 nitrogen and oxygen atoms in total. The van der Waals surface area contributed by atoms with E-state index in [1.54, 1.807) is 18.2 Å². The van der Waals surface area contributed by atoms with Gasteiger partial charge in [-0.1, -0.05) is 24.3 Å². The van der Waals surface area contributed by atoms with Gasteiger partial charge in [0, 0.05) is 13.0 Å². The van der Waals surface area contributed by atoms with Crippen molar-refractivity contribution < 1.29 is 32.4 Å². The number of amides is 1. The maximum absolute atomic E-state index is 12.6. The van der Waals surface area contributed by atoms with E-state index in [9.17, 15) is 23.1 Å². The molecular formula is C18H23BF3NO4. The van der Waals surface area contributed by atoms with Gasteiger partial charge < -0.3 is 19.3 Å². The van der Waals surface area contributed by atoms with Gasteiger partial charge in [-0.3, -0.25) is 4.79 Å². The minimum atomic E-state index is -4.51. The van der Waals surface area contributed by atoms with E-state index in [1.165, 1.54) is 6.07 Å². The monoisotopic (exact) mass is 385 g/mol. The first-order valence-electron chi connectivity index (χ1n) is 8.80. The highest BCUT2D eigenvalue weighted by Crippen LogP contribution is 2.38. The van der Waals surface area contributed by atoms with Gasteiger partial charge in [0.05, 0.1) is 11.2 Å². The quantitative estimate of drug-likeness (QED) is 0.809. The maximum atomic E-state index is 12.6. The van der Waals surface area contributed by atoms with Crippen molar-refractivity contribution in [2.24, 2.45) is 0 Å². The standard InChI is InChI=1S/C18H23BF3NO4/c1-15(2)16(3,4)27-19(26-15)13-7-5-6-12(10-13)17(25)8-9-23(14(17)24)11-18(20,21)22/h5-7,10,25H,8-9,11H2,1-4H3/t17-/m1/s1. The second-order valence-corrected chi connectivity index (χ2v) is 8.17. The molecule has 0 aliphatic carbocycles. The van der Waals surface area contributed by atoms with Crippen LogP contribution in [0.4, 0.5) is 13.2 Å². The largest absolute Gasteiger partial charge is 0.494 e. The molecule has 2 fully saturated rings. The van der Waals surface area contributed by atoms with E-state index in [-0.39, 0.29) is 18.5 Å². The number of nitrogens with zero attached hydrogens (tertiary/aromatic N) is 1. The van der Waals surface area contributed by atoms with Crippen molar-refractivity contribution in [1.82, 2.24) is 4.90 Å². The minimum absolute atomic E-state index is 0.102. The Morgan fingerprint density at radius 1 is 1.19 bits per heavy atom. The van der Waals surface area contributed by atoms with Crippen LogP contribution in [0.2, 0.25) is 0 Å². The molecule has 0 unspecified atom stereocenters. The first kappa shape index (κ1) is 20.2. The summed E-state index contributed by atoms with van der Waals surface area (Å²) >= 11 is 0. The summed E-state index contributed by atoms with van der Waals surface area (Å²) in [5.74, 6) is -0.939. The summed E-state index contributed by atoms with van der Waals surface area (Å²) in [5, 5.41) is 10.8. The molecule has 9 heteroatoms. The highest BCUT2D eigenvalue weighted by molar-refractivity contribution is 6.62. The van der Waals surface area contributed by atoms with E-state index in [1.807, 2.05) is 27.7 Å². The maximum Gasteiger partial charge on any atom is 0.494 e. The van der Waals surface area contributed by atoms with Gasteiger partial charge in [-0.05, 0) is 38.7 Å². The Kier molecular flexibility index (Phi) is 4.64. The lowest BCUT2D eigenvalue weighted by Crippen LogP contribution is -2.42. The zero-order valence-electron chi connectivity index (χ0n) is 15.8. The van der Waals surface area contributed by atoms with Crippen molar-refractivity contribution in [3.8, 4) is 0 Å². The lowest BCUT2D eigenvalue weighted by Gasteiger charge is -2.32. The number of hydrogen-bond donors (Lipinski definition) is 1. The predicted molar refractivity (Wildman–Crippen MR) is 93.3 cm³/mol. The molecule has 0 radical (unpaired) electrons. The third-order valence-electron chi connectivity index (χ3n) is 5.64. The molecule has 27 heavy (non-hydrogen) atoms. The summed E-state index contributed by atoms with van der Waals surface area (Å²) in [7, 11) is -0.693. The third kappa shape index (κ3) is 3.60. The summed E-state index contributed by atoms with van der Waals surface area (Å²) in [5.41, 5.74) is -2.26. The molecular weight excluding hydrogens is 362 g/mol. The molecule has 1 aromatic rings. The summed E-state index contributed by atoms with van der Waals surface area (Å²) in [4.78, 5) is 13.1. The second-order valence-electron chi connectivity index (χ2n) is 8.17. The van der Waals surface area contributed by atoms with Crippen LogP contribution in [0.3, 0.4) is 0 Å². The molecule has 3 rings (SSSR count). The van der Waals surface area contributed by atoms with Gasteiger partial charge >= 0.3 is 13.3 Å². The zero-order chi connectivity index (χ0) is 20.3. The average Bonchev–Trinajstić information content (AvgIpc) is 2.94. The lowest BCUT2D eigenvalue weighted by atomic mass is 9.76. The van der Waals surface area contributed by atoms with E-state index in [4.69, 9.17) is 9.31 Å². The SMILES string of the molecule is CC1(C)OB(c2cccc([C@]3(O)CCN(CC(F)(F)F)C3=O)c2)OC1(C)C. The van der Waals surface area contributed by atoms with Crippen LogP contribution in [-0.2, 0) is 19.7 Å². The average molecular weight is 385 g/mol. The van der Waals surface area contributed by atoms with Gasteiger partial charge in [-0.2, -0.15) is 13.2 Å². The molecule has 1 N–H and O–H groups in total. The Bertz CT molecular complexity index is 736. The third-order valence-corrected chi connectivity index (χ3v) is 5.64. The molecule has 2 saturated heterocycles. The van der Waals surface area contributed by atoms with Gasteiger partial charge in [-0.15, -0.1) is 0 Å². The number of carbonyl (C=O) groups excluding carboxylic acids is 1. The molecule has 0 aromatic heterocycles. The summed E-state index contributed by atoms with van der Waals surface area (Å²) < 4.78 is 49.9. The van der Waals surface area contributed by atoms with Gasteiger partial charge in [0.1, 0.15) is 6.54 Å². The molecule has 0 bridgehead atoms. The van der Waals surface area contributed by atoms with E-state index in [2.05, 4.69) is 0 Å². The van der Waals surface area contributed by atoms with E-state index in [0.29, 0.717) is 10.4 Å². The smallest absolute Gasteiger partial charge is 0.399 e. The highest BCUT2D eigenvalue weighted by atomic mass is 19.4. The van der Waals surface area contributed by atoms with Crippen molar-refractivity contribution in [2.45, 2.75) is 57.1 Å². The summed E-state index contributed by atoms with van der Waals surface area (Å²) in [6, 6.07) is 6.47. The number of rotatable bonds is 3. The Labute approximate surface area is 156 Å². The van der Waals surface area contributed by atoms with Crippen molar-refractivity contribution in [3.63, 3.8) is 0 Å². The zero-order valence-corrected chi connectivity index (χ0v) is 15.8. The Morgan fingerprint density at radius 2 is 1.78 bits per heavy atom. The summed E-state index contributed by atoms with van der Waals surface area (Å²) in [6.45, 7) is 6.08. The number of hydrogen-bond acceptors (Lipinski definition) is 4. The molecule has 0 spiro atoms. The molecule has 2 aliphatic rings. The Balaban J connectivity index is 1.85. The van der Waals surface area contributed by atoms with Crippen LogP contribution < -0.4 is 5.46 Å². The topological polar surface area (TPSA) is 59.0 Å². The number of likely N-dealkylation sites (tertiary alicyclic amines) is 1. The fourth-order valence-electron chi connectivity index (χ4n) is 3.32. The predicted octanol–water partition coefficient (Wildman–Crippen LogP) is 1.97. The Hall–Kier alpha value is -1.58. The molecule has 2 aliphatic heterocycles. The molecule has 1 atom stereocenters. The van der Waals surface area contributed by atoms with E-state index >= 15 is 0 Å². The number of aliphatic hydroxyl groups is 1. The van der Waals surface area contributed by atoms with Crippen LogP contribution in [0.5, 0.6) is 0 Å². The van der Waals surface area contributed by atoms with Crippen LogP contribution in [-0.4, -0.2) is 53.5 Å². The van der Waals surface area contributed by atoms with Crippen molar-refractivity contribution >= 4 is 18.5 Å². The second kappa shape index (κ2) is 6.22. The normalized spacial score (nSPS) is 27.5. The van der Waals surface area contributed by atoms with Crippen LogP contribution in [0.25, 0.3) is 0 Å². The van der Waals surface area contributed by atoms with E-state index in [0.717, 1.165) is 0 Å². The molecule has 1 amide bonds. The molecule has 0 saturated carbocycles. The van der Waals surface area contributed by atoms with Crippen molar-refractivity contribution in [1.29, 1.82) is 0 Å². The lowest BCUT2D eigenvalue weighted by molar-refractivity contribution is -0.164.